The van der Waals surface area contributed by atoms with Crippen LogP contribution in [0.3, 0.4) is 0 Å². The summed E-state index contributed by atoms with van der Waals surface area (Å²) in [6, 6.07) is 10.0. The Bertz CT molecular complexity index is 689. The summed E-state index contributed by atoms with van der Waals surface area (Å²) in [5, 5.41) is 7.43. The minimum atomic E-state index is 0.134. The maximum absolute atomic E-state index is 12.0. The third-order valence-electron chi connectivity index (χ3n) is 5.40. The highest BCUT2D eigenvalue weighted by atomic mass is 16.1. The number of benzene rings is 1. The lowest BCUT2D eigenvalue weighted by molar-refractivity contribution is -0.121. The first-order valence-electron chi connectivity index (χ1n) is 10.3. The first-order valence-corrected chi connectivity index (χ1v) is 10.3. The first-order chi connectivity index (χ1) is 13.2. The van der Waals surface area contributed by atoms with Gasteiger partial charge in [0.05, 0.1) is 11.9 Å². The van der Waals surface area contributed by atoms with Crippen LogP contribution in [0.4, 0.5) is 0 Å². The van der Waals surface area contributed by atoms with Crippen molar-refractivity contribution >= 4 is 5.91 Å². The van der Waals surface area contributed by atoms with Gasteiger partial charge in [0.2, 0.25) is 5.91 Å². The van der Waals surface area contributed by atoms with Crippen LogP contribution in [0.25, 0.3) is 5.69 Å². The molecule has 146 valence electrons. The number of amides is 1. The molecule has 1 aromatic heterocycles. The highest BCUT2D eigenvalue weighted by Gasteiger charge is 2.14. The molecule has 5 nitrogen and oxygen atoms in total. The minimum absolute atomic E-state index is 0.134. The second kappa shape index (κ2) is 10.3. The van der Waals surface area contributed by atoms with Gasteiger partial charge < -0.3 is 10.2 Å². The number of nitrogens with zero attached hydrogens (tertiary/aromatic N) is 3. The number of hydrogen-bond donors (Lipinski definition) is 1. The van der Waals surface area contributed by atoms with E-state index in [2.05, 4.69) is 22.2 Å². The van der Waals surface area contributed by atoms with Gasteiger partial charge >= 0.3 is 0 Å². The number of unbranched alkanes of at least 4 members (excludes halogenated alkanes) is 1. The highest BCUT2D eigenvalue weighted by Crippen LogP contribution is 2.16. The predicted octanol–water partition coefficient (Wildman–Crippen LogP) is 3.43. The fraction of sp³-hybridized carbons (Fsp3) is 0.545. The molecule has 1 fully saturated rings. The molecular weight excluding hydrogens is 336 g/mol. The zero-order valence-electron chi connectivity index (χ0n) is 16.4. The fourth-order valence-corrected chi connectivity index (χ4v) is 3.53. The van der Waals surface area contributed by atoms with Crippen molar-refractivity contribution in [2.45, 2.75) is 45.4 Å². The summed E-state index contributed by atoms with van der Waals surface area (Å²) < 4.78 is 1.86. The summed E-state index contributed by atoms with van der Waals surface area (Å²) in [7, 11) is 0. The predicted molar refractivity (Wildman–Crippen MR) is 109 cm³/mol. The highest BCUT2D eigenvalue weighted by molar-refractivity contribution is 5.76. The van der Waals surface area contributed by atoms with Gasteiger partial charge in [-0.25, -0.2) is 4.68 Å². The van der Waals surface area contributed by atoms with E-state index in [1.165, 1.54) is 38.9 Å². The van der Waals surface area contributed by atoms with E-state index in [9.17, 15) is 4.79 Å². The standard InChI is InChI=1S/C22H32N4O/c1-19-11-15-25(16-12-19)14-6-5-13-23-22(27)10-9-20-17-24-26(18-20)21-7-3-2-4-8-21/h2-4,7-8,17-19H,5-6,9-16H2,1H3,(H,23,27). The Kier molecular flexibility index (Phi) is 7.45. The summed E-state index contributed by atoms with van der Waals surface area (Å²) >= 11 is 0. The number of nitrogens with one attached hydrogen (secondary N) is 1. The summed E-state index contributed by atoms with van der Waals surface area (Å²) in [4.78, 5) is 14.6. The van der Waals surface area contributed by atoms with Gasteiger partial charge in [-0.15, -0.1) is 0 Å². The average molecular weight is 369 g/mol. The van der Waals surface area contributed by atoms with Gasteiger partial charge in [-0.3, -0.25) is 4.79 Å². The maximum Gasteiger partial charge on any atom is 0.220 e. The number of carbonyl (C=O) groups excluding carboxylic acids is 1. The van der Waals surface area contributed by atoms with Crippen molar-refractivity contribution < 1.29 is 4.79 Å². The number of carbonyl (C=O) groups is 1. The van der Waals surface area contributed by atoms with Crippen LogP contribution in [0.15, 0.2) is 42.7 Å². The number of para-hydroxylation sites is 1. The topological polar surface area (TPSA) is 50.2 Å². The second-order valence-corrected chi connectivity index (χ2v) is 7.71. The number of aryl methyl sites for hydroxylation is 1. The van der Waals surface area contributed by atoms with Crippen molar-refractivity contribution in [1.82, 2.24) is 20.0 Å². The van der Waals surface area contributed by atoms with Crippen LogP contribution in [0.2, 0.25) is 0 Å². The molecule has 1 saturated heterocycles. The van der Waals surface area contributed by atoms with E-state index in [1.807, 2.05) is 47.4 Å². The average Bonchev–Trinajstić information content (AvgIpc) is 3.17. The molecule has 3 rings (SSSR count). The summed E-state index contributed by atoms with van der Waals surface area (Å²) in [5.41, 5.74) is 2.13. The molecule has 27 heavy (non-hydrogen) atoms. The van der Waals surface area contributed by atoms with Crippen molar-refractivity contribution in [1.29, 1.82) is 0 Å². The molecule has 1 aliphatic heterocycles. The largest absolute Gasteiger partial charge is 0.356 e. The Morgan fingerprint density at radius 2 is 1.96 bits per heavy atom. The summed E-state index contributed by atoms with van der Waals surface area (Å²) in [5.74, 6) is 1.02. The Morgan fingerprint density at radius 1 is 1.19 bits per heavy atom. The molecule has 2 heterocycles. The van der Waals surface area contributed by atoms with Crippen LogP contribution in [-0.2, 0) is 11.2 Å². The smallest absolute Gasteiger partial charge is 0.220 e. The molecule has 1 N–H and O–H groups in total. The molecule has 0 bridgehead atoms. The zero-order chi connectivity index (χ0) is 18.9. The molecular formula is C22H32N4O. The SMILES string of the molecule is CC1CCN(CCCCNC(=O)CCc2cnn(-c3ccccc3)c2)CC1. The van der Waals surface area contributed by atoms with Crippen LogP contribution in [0.1, 0.15) is 44.6 Å². The maximum atomic E-state index is 12.0. The Labute approximate surface area is 162 Å². The van der Waals surface area contributed by atoms with Crippen molar-refractivity contribution in [2.24, 2.45) is 5.92 Å². The monoisotopic (exact) mass is 368 g/mol. The number of aromatic nitrogens is 2. The van der Waals surface area contributed by atoms with Crippen LogP contribution >= 0.6 is 0 Å². The zero-order valence-corrected chi connectivity index (χ0v) is 16.4. The third-order valence-corrected chi connectivity index (χ3v) is 5.40. The van der Waals surface area contributed by atoms with Gasteiger partial charge in [-0.2, -0.15) is 5.10 Å². The lowest BCUT2D eigenvalue weighted by Gasteiger charge is -2.30. The van der Waals surface area contributed by atoms with Gasteiger partial charge in [-0.05, 0) is 75.4 Å². The Balaban J connectivity index is 1.27. The van der Waals surface area contributed by atoms with E-state index in [4.69, 9.17) is 0 Å². The van der Waals surface area contributed by atoms with Crippen molar-refractivity contribution in [3.05, 3.63) is 48.3 Å². The van der Waals surface area contributed by atoms with E-state index in [0.717, 1.165) is 36.6 Å². The van der Waals surface area contributed by atoms with E-state index < -0.39 is 0 Å². The van der Waals surface area contributed by atoms with E-state index in [-0.39, 0.29) is 5.91 Å². The molecule has 0 saturated carbocycles. The van der Waals surface area contributed by atoms with Crippen molar-refractivity contribution in [2.75, 3.05) is 26.2 Å². The van der Waals surface area contributed by atoms with Crippen LogP contribution < -0.4 is 5.32 Å². The molecule has 2 aromatic rings. The molecule has 0 unspecified atom stereocenters. The van der Waals surface area contributed by atoms with Gasteiger partial charge in [0.25, 0.3) is 0 Å². The molecule has 1 aliphatic rings. The number of piperidine rings is 1. The van der Waals surface area contributed by atoms with E-state index >= 15 is 0 Å². The van der Waals surface area contributed by atoms with Crippen LogP contribution in [0.5, 0.6) is 0 Å². The van der Waals surface area contributed by atoms with Gasteiger partial charge in [0, 0.05) is 19.2 Å². The number of rotatable bonds is 9. The second-order valence-electron chi connectivity index (χ2n) is 7.71. The van der Waals surface area contributed by atoms with Crippen molar-refractivity contribution in [3.8, 4) is 5.69 Å². The molecule has 0 spiro atoms. The third kappa shape index (κ3) is 6.51. The number of likely N-dealkylation sites (tertiary alicyclic amines) is 1. The normalized spacial score (nSPS) is 15.7. The lowest BCUT2D eigenvalue weighted by Crippen LogP contribution is -2.34. The number of hydrogen-bond acceptors (Lipinski definition) is 3. The van der Waals surface area contributed by atoms with E-state index in [1.54, 1.807) is 0 Å². The molecule has 0 aliphatic carbocycles. The first kappa shape index (κ1) is 19.6. The van der Waals surface area contributed by atoms with Gasteiger partial charge in [0.15, 0.2) is 0 Å². The van der Waals surface area contributed by atoms with Gasteiger partial charge in [0.1, 0.15) is 0 Å². The molecule has 0 radical (unpaired) electrons. The van der Waals surface area contributed by atoms with Crippen molar-refractivity contribution in [3.63, 3.8) is 0 Å². The Morgan fingerprint density at radius 3 is 2.74 bits per heavy atom. The fourth-order valence-electron chi connectivity index (χ4n) is 3.53. The molecule has 5 heteroatoms. The molecule has 1 aromatic carbocycles. The Hall–Kier alpha value is -2.14. The quantitative estimate of drug-likeness (QED) is 0.690. The van der Waals surface area contributed by atoms with Crippen LogP contribution in [0, 0.1) is 5.92 Å². The van der Waals surface area contributed by atoms with E-state index in [0.29, 0.717) is 6.42 Å². The minimum Gasteiger partial charge on any atom is -0.356 e. The molecule has 1 amide bonds. The summed E-state index contributed by atoms with van der Waals surface area (Å²) in [6.07, 6.45) is 9.98. The summed E-state index contributed by atoms with van der Waals surface area (Å²) in [6.45, 7) is 6.78. The molecule has 0 atom stereocenters. The lowest BCUT2D eigenvalue weighted by atomic mass is 9.99. The van der Waals surface area contributed by atoms with Crippen LogP contribution in [-0.4, -0.2) is 46.8 Å². The van der Waals surface area contributed by atoms with Gasteiger partial charge in [-0.1, -0.05) is 25.1 Å².